The first-order chi connectivity index (χ1) is 8.65. The Bertz CT molecular complexity index is 392. The smallest absolute Gasteiger partial charge is 0.206 e. The maximum Gasteiger partial charge on any atom is 0.206 e. The predicted molar refractivity (Wildman–Crippen MR) is 74.1 cm³/mol. The van der Waals surface area contributed by atoms with Crippen molar-refractivity contribution in [1.29, 1.82) is 0 Å². The van der Waals surface area contributed by atoms with Crippen LogP contribution in [0.4, 0.5) is 0 Å². The van der Waals surface area contributed by atoms with Gasteiger partial charge in [-0.25, -0.2) is 10.8 Å². The second-order valence-electron chi connectivity index (χ2n) is 4.30. The lowest BCUT2D eigenvalue weighted by Gasteiger charge is -2.15. The zero-order chi connectivity index (χ0) is 13.4. The molecule has 0 aliphatic carbocycles. The summed E-state index contributed by atoms with van der Waals surface area (Å²) in [5.41, 5.74) is 4.94. The summed E-state index contributed by atoms with van der Waals surface area (Å²) in [6.07, 6.45) is 0. The van der Waals surface area contributed by atoms with E-state index in [4.69, 9.17) is 10.6 Å². The van der Waals surface area contributed by atoms with Crippen molar-refractivity contribution >= 4 is 5.96 Å². The van der Waals surface area contributed by atoms with E-state index in [1.807, 2.05) is 19.1 Å². The van der Waals surface area contributed by atoms with E-state index in [1.165, 1.54) is 5.56 Å². The molecule has 1 unspecified atom stereocenters. The molecule has 1 rings (SSSR count). The Morgan fingerprint density at radius 2 is 2.28 bits per heavy atom. The first kappa shape index (κ1) is 14.5. The normalized spacial score (nSPS) is 13.2. The number of methoxy groups -OCH3 is 1. The molecule has 0 amide bonds. The average Bonchev–Trinajstić information content (AvgIpc) is 2.35. The molecule has 0 aliphatic heterocycles. The van der Waals surface area contributed by atoms with Crippen molar-refractivity contribution < 1.29 is 4.74 Å². The minimum absolute atomic E-state index is 0.155. The van der Waals surface area contributed by atoms with Gasteiger partial charge in [-0.1, -0.05) is 29.8 Å². The standard InChI is InChI=1S/C13H22N4O/c1-10-5-4-6-12(7-10)8-15-13(17-14)16-11(2)9-18-3/h4-7,11H,8-9,14H2,1-3H3,(H2,15,16,17). The minimum Gasteiger partial charge on any atom is -0.383 e. The highest BCUT2D eigenvalue weighted by atomic mass is 16.5. The molecule has 0 saturated carbocycles. The highest BCUT2D eigenvalue weighted by Gasteiger charge is 2.03. The van der Waals surface area contributed by atoms with Crippen LogP contribution in [0.1, 0.15) is 18.1 Å². The first-order valence-electron chi connectivity index (χ1n) is 5.97. The quantitative estimate of drug-likeness (QED) is 0.315. The number of aliphatic imine (C=N–C) groups is 1. The van der Waals surface area contributed by atoms with Gasteiger partial charge >= 0.3 is 0 Å². The van der Waals surface area contributed by atoms with E-state index >= 15 is 0 Å². The average molecular weight is 250 g/mol. The van der Waals surface area contributed by atoms with Gasteiger partial charge < -0.3 is 10.1 Å². The number of benzene rings is 1. The van der Waals surface area contributed by atoms with Crippen LogP contribution in [0.25, 0.3) is 0 Å². The molecule has 0 aromatic heterocycles. The summed E-state index contributed by atoms with van der Waals surface area (Å²) >= 11 is 0. The Morgan fingerprint density at radius 3 is 2.89 bits per heavy atom. The molecule has 18 heavy (non-hydrogen) atoms. The fourth-order valence-corrected chi connectivity index (χ4v) is 1.64. The summed E-state index contributed by atoms with van der Waals surface area (Å²) in [6, 6.07) is 8.40. The first-order valence-corrected chi connectivity index (χ1v) is 5.97. The van der Waals surface area contributed by atoms with Crippen molar-refractivity contribution in [2.75, 3.05) is 13.7 Å². The third-order valence-corrected chi connectivity index (χ3v) is 2.44. The molecule has 4 N–H and O–H groups in total. The fraction of sp³-hybridized carbons (Fsp3) is 0.462. The van der Waals surface area contributed by atoms with Gasteiger partial charge in [0.2, 0.25) is 5.96 Å². The van der Waals surface area contributed by atoms with Gasteiger partial charge in [-0.05, 0) is 19.4 Å². The maximum atomic E-state index is 5.43. The van der Waals surface area contributed by atoms with Crippen LogP contribution in [-0.2, 0) is 11.3 Å². The summed E-state index contributed by atoms with van der Waals surface area (Å²) in [6.45, 7) is 5.26. The van der Waals surface area contributed by atoms with Crippen molar-refractivity contribution in [2.24, 2.45) is 10.8 Å². The third kappa shape index (κ3) is 5.16. The van der Waals surface area contributed by atoms with Crippen molar-refractivity contribution in [3.63, 3.8) is 0 Å². The van der Waals surface area contributed by atoms with Gasteiger partial charge in [0.1, 0.15) is 0 Å². The van der Waals surface area contributed by atoms with Gasteiger partial charge in [0.25, 0.3) is 0 Å². The van der Waals surface area contributed by atoms with E-state index in [9.17, 15) is 0 Å². The monoisotopic (exact) mass is 250 g/mol. The van der Waals surface area contributed by atoms with Crippen LogP contribution in [0, 0.1) is 6.92 Å². The molecule has 0 radical (unpaired) electrons. The third-order valence-electron chi connectivity index (χ3n) is 2.44. The maximum absolute atomic E-state index is 5.43. The lowest BCUT2D eigenvalue weighted by atomic mass is 10.1. The molecule has 0 fully saturated rings. The van der Waals surface area contributed by atoms with Crippen molar-refractivity contribution in [3.8, 4) is 0 Å². The number of hydrogen-bond donors (Lipinski definition) is 3. The topological polar surface area (TPSA) is 71.7 Å². The van der Waals surface area contributed by atoms with E-state index in [0.717, 1.165) is 5.56 Å². The molecule has 0 aliphatic rings. The number of hydrogen-bond acceptors (Lipinski definition) is 3. The van der Waals surface area contributed by atoms with Crippen LogP contribution in [0.5, 0.6) is 0 Å². The number of nitrogens with one attached hydrogen (secondary N) is 2. The molecule has 0 heterocycles. The Kier molecular flexibility index (Phi) is 6.18. The van der Waals surface area contributed by atoms with Gasteiger partial charge in [-0.2, -0.15) is 0 Å². The molecule has 100 valence electrons. The molecular weight excluding hydrogens is 228 g/mol. The van der Waals surface area contributed by atoms with E-state index in [1.54, 1.807) is 7.11 Å². The summed E-state index contributed by atoms with van der Waals surface area (Å²) in [5, 5.41) is 3.14. The second kappa shape index (κ2) is 7.68. The molecule has 1 atom stereocenters. The summed E-state index contributed by atoms with van der Waals surface area (Å²) < 4.78 is 5.04. The molecule has 0 spiro atoms. The van der Waals surface area contributed by atoms with Crippen LogP contribution in [-0.4, -0.2) is 25.7 Å². The molecule has 1 aromatic carbocycles. The van der Waals surface area contributed by atoms with E-state index in [-0.39, 0.29) is 6.04 Å². The zero-order valence-electron chi connectivity index (χ0n) is 11.2. The van der Waals surface area contributed by atoms with Crippen molar-refractivity contribution in [2.45, 2.75) is 26.4 Å². The van der Waals surface area contributed by atoms with Gasteiger partial charge in [0.05, 0.1) is 13.2 Å². The number of aryl methyl sites for hydroxylation is 1. The van der Waals surface area contributed by atoms with Gasteiger partial charge in [-0.3, -0.25) is 5.43 Å². The molecule has 5 heteroatoms. The molecule has 0 saturated heterocycles. The number of nitrogens with zero attached hydrogens (tertiary/aromatic N) is 1. The molecule has 0 bridgehead atoms. The van der Waals surface area contributed by atoms with E-state index < -0.39 is 0 Å². The van der Waals surface area contributed by atoms with Gasteiger partial charge in [-0.15, -0.1) is 0 Å². The Hall–Kier alpha value is -1.59. The number of hydrazine groups is 1. The predicted octanol–water partition coefficient (Wildman–Crippen LogP) is 0.939. The molecule has 1 aromatic rings. The molecule has 5 nitrogen and oxygen atoms in total. The van der Waals surface area contributed by atoms with Crippen LogP contribution >= 0.6 is 0 Å². The van der Waals surface area contributed by atoms with Crippen LogP contribution < -0.4 is 16.6 Å². The Morgan fingerprint density at radius 1 is 1.50 bits per heavy atom. The van der Waals surface area contributed by atoms with Crippen LogP contribution in [0.2, 0.25) is 0 Å². The fourth-order valence-electron chi connectivity index (χ4n) is 1.64. The highest BCUT2D eigenvalue weighted by molar-refractivity contribution is 5.79. The van der Waals surface area contributed by atoms with E-state index in [2.05, 4.69) is 34.8 Å². The number of rotatable bonds is 5. The zero-order valence-corrected chi connectivity index (χ0v) is 11.2. The van der Waals surface area contributed by atoms with E-state index in [0.29, 0.717) is 19.1 Å². The van der Waals surface area contributed by atoms with Crippen molar-refractivity contribution in [1.82, 2.24) is 10.7 Å². The Labute approximate surface area is 108 Å². The Balaban J connectivity index is 2.57. The summed E-state index contributed by atoms with van der Waals surface area (Å²) in [4.78, 5) is 4.39. The SMILES string of the molecule is COCC(C)NC(=NCc1cccc(C)c1)NN. The lowest BCUT2D eigenvalue weighted by molar-refractivity contribution is 0.179. The number of guanidine groups is 1. The van der Waals surface area contributed by atoms with Gasteiger partial charge in [0, 0.05) is 13.2 Å². The number of nitrogens with two attached hydrogens (primary N) is 1. The largest absolute Gasteiger partial charge is 0.383 e. The highest BCUT2D eigenvalue weighted by Crippen LogP contribution is 2.04. The minimum atomic E-state index is 0.155. The summed E-state index contributed by atoms with van der Waals surface area (Å²) in [5.74, 6) is 6.00. The van der Waals surface area contributed by atoms with Crippen molar-refractivity contribution in [3.05, 3.63) is 35.4 Å². The summed E-state index contributed by atoms with van der Waals surface area (Å²) in [7, 11) is 1.66. The molecular formula is C13H22N4O. The van der Waals surface area contributed by atoms with Gasteiger partial charge in [0.15, 0.2) is 0 Å². The van der Waals surface area contributed by atoms with Crippen LogP contribution in [0.15, 0.2) is 29.3 Å². The second-order valence-corrected chi connectivity index (χ2v) is 4.30. The lowest BCUT2D eigenvalue weighted by Crippen LogP contribution is -2.46. The number of ether oxygens (including phenoxy) is 1. The van der Waals surface area contributed by atoms with Crippen LogP contribution in [0.3, 0.4) is 0 Å².